The summed E-state index contributed by atoms with van der Waals surface area (Å²) in [5, 5.41) is 89.0. The summed E-state index contributed by atoms with van der Waals surface area (Å²) < 4.78 is 320. The molecule has 0 aliphatic heterocycles. The Morgan fingerprint density at radius 3 is 0.402 bits per heavy atom. The van der Waals surface area contributed by atoms with Gasteiger partial charge in [0.1, 0.15) is 46.0 Å². The van der Waals surface area contributed by atoms with Crippen LogP contribution in [0.15, 0.2) is 136 Å². The van der Waals surface area contributed by atoms with Crippen LogP contribution in [0.2, 0.25) is 0 Å². The second-order valence-corrected chi connectivity index (χ2v) is 36.0. The molecular formula is C64H56O40S8. The molecule has 0 atom stereocenters. The predicted octanol–water partition coefficient (Wildman–Crippen LogP) is 3.38. The first kappa shape index (κ1) is 85.3. The fraction of sp³-hybridized carbons (Fsp3) is 0.188. The molecule has 8 aromatic carbocycles. The molecule has 9 rings (SSSR count). The fourth-order valence-corrected chi connectivity index (χ4v) is 16.7. The van der Waals surface area contributed by atoms with Gasteiger partial charge in [-0.1, -0.05) is 0 Å². The number of carboxylic acids is 4. The zero-order chi connectivity index (χ0) is 83.4. The van der Waals surface area contributed by atoms with Crippen LogP contribution in [-0.2, 0) is 151 Å². The summed E-state index contributed by atoms with van der Waals surface area (Å²) >= 11 is 0. The second-order valence-electron chi connectivity index (χ2n) is 24.6. The van der Waals surface area contributed by atoms with Crippen LogP contribution in [0.4, 0.5) is 0 Å². The maximum atomic E-state index is 13.3. The summed E-state index contributed by atoms with van der Waals surface area (Å²) in [7, 11) is -45.0. The lowest BCUT2D eigenvalue weighted by molar-refractivity contribution is -0.140. The third-order valence-corrected chi connectivity index (χ3v) is 23.3. The van der Waals surface area contributed by atoms with E-state index in [1.54, 1.807) is 0 Å². The van der Waals surface area contributed by atoms with E-state index < -0.39 is 357 Å². The third kappa shape index (κ3) is 20.3. The van der Waals surface area contributed by atoms with Gasteiger partial charge in [-0.2, -0.15) is 67.3 Å². The zero-order valence-electron chi connectivity index (χ0n) is 55.9. The molecule has 0 unspecified atom stereocenters. The molecule has 48 heteroatoms. The van der Waals surface area contributed by atoms with E-state index in [9.17, 15) is 164 Å². The van der Waals surface area contributed by atoms with Crippen LogP contribution in [0.5, 0.6) is 46.0 Å². The van der Waals surface area contributed by atoms with E-state index in [1.807, 2.05) is 0 Å². The van der Waals surface area contributed by atoms with Crippen LogP contribution in [0, 0.1) is 0 Å². The summed E-state index contributed by atoms with van der Waals surface area (Å²) in [5.74, 6) is -15.6. The van der Waals surface area contributed by atoms with Crippen molar-refractivity contribution in [1.29, 1.82) is 0 Å². The van der Waals surface area contributed by atoms with Gasteiger partial charge in [0.05, 0.1) is 39.2 Å². The number of benzene rings is 8. The molecule has 0 saturated carbocycles. The first-order chi connectivity index (χ1) is 51.4. The maximum absolute atomic E-state index is 13.3. The van der Waals surface area contributed by atoms with Gasteiger partial charge in [0.25, 0.3) is 80.9 Å². The van der Waals surface area contributed by atoms with Gasteiger partial charge < -0.3 is 59.8 Å². The lowest BCUT2D eigenvalue weighted by atomic mass is 9.91. The highest BCUT2D eigenvalue weighted by Crippen LogP contribution is 2.45. The number of ether oxygens (including phenoxy) is 4. The van der Waals surface area contributed by atoms with Crippen LogP contribution in [0.25, 0.3) is 0 Å². The van der Waals surface area contributed by atoms with Gasteiger partial charge >= 0.3 is 23.9 Å². The predicted molar refractivity (Wildman–Crippen MR) is 372 cm³/mol. The molecule has 0 radical (unpaired) electrons. The molecule has 16 N–H and O–H groups in total. The summed E-state index contributed by atoms with van der Waals surface area (Å²) in [6, 6.07) is 7.92. The number of phenolic OH excluding ortho intramolecular Hbond substituents is 4. The number of phenols is 4. The van der Waals surface area contributed by atoms with Crippen molar-refractivity contribution in [1.82, 2.24) is 0 Å². The van der Waals surface area contributed by atoms with E-state index in [1.165, 1.54) is 0 Å². The van der Waals surface area contributed by atoms with Crippen molar-refractivity contribution in [3.05, 3.63) is 186 Å². The first-order valence-electron chi connectivity index (χ1n) is 30.6. The second kappa shape index (κ2) is 31.5. The summed E-state index contributed by atoms with van der Waals surface area (Å²) in [4.78, 5) is 39.4. The largest absolute Gasteiger partial charge is 0.507 e. The normalized spacial score (nSPS) is 13.5. The molecule has 0 fully saturated rings. The average Bonchev–Trinajstić information content (AvgIpc) is 0.772. The number of carbonyl (C=O) groups is 4. The van der Waals surface area contributed by atoms with E-state index in [4.69, 9.17) is 18.9 Å². The van der Waals surface area contributed by atoms with Crippen molar-refractivity contribution >= 4 is 105 Å². The summed E-state index contributed by atoms with van der Waals surface area (Å²) in [6.45, 7) is -5.83. The number of fused-ring (bicyclic) bond motifs is 16. The van der Waals surface area contributed by atoms with E-state index in [-0.39, 0.29) is 0 Å². The first-order valence-corrected chi connectivity index (χ1v) is 42.2. The molecule has 0 heterocycles. The van der Waals surface area contributed by atoms with Gasteiger partial charge in [0, 0.05) is 140 Å². The van der Waals surface area contributed by atoms with Crippen molar-refractivity contribution in [3.8, 4) is 46.0 Å². The average molecular weight is 1720 g/mol. The molecule has 1 aliphatic rings. The van der Waals surface area contributed by atoms with Crippen LogP contribution in [0.1, 0.15) is 89.0 Å². The fourth-order valence-electron chi connectivity index (χ4n) is 12.0. The van der Waals surface area contributed by atoms with Crippen molar-refractivity contribution in [2.45, 2.75) is 90.5 Å². The quantitative estimate of drug-likeness (QED) is 0.0486. The van der Waals surface area contributed by atoms with Gasteiger partial charge in [0.15, 0.2) is 26.4 Å². The number of aromatic hydroxyl groups is 4. The number of carboxylic acid groups (broad SMARTS) is 4. The summed E-state index contributed by atoms with van der Waals surface area (Å²) in [6.07, 6.45) is -9.67. The van der Waals surface area contributed by atoms with Crippen molar-refractivity contribution in [2.24, 2.45) is 0 Å². The van der Waals surface area contributed by atoms with Gasteiger partial charge in [-0.3, -0.25) is 36.4 Å². The van der Waals surface area contributed by atoms with Crippen molar-refractivity contribution in [2.75, 3.05) is 26.4 Å². The Morgan fingerprint density at radius 1 is 0.214 bits per heavy atom. The topological polar surface area (TPSA) is 702 Å². The zero-order valence-corrected chi connectivity index (χ0v) is 62.5. The highest BCUT2D eigenvalue weighted by molar-refractivity contribution is 7.87. The van der Waals surface area contributed by atoms with Crippen molar-refractivity contribution < 1.29 is 183 Å². The molecule has 0 aromatic heterocycles. The number of hydrogen-bond donors (Lipinski definition) is 16. The minimum atomic E-state index is -5.62. The number of aliphatic carboxylic acids is 4. The van der Waals surface area contributed by atoms with Gasteiger partial charge in [-0.05, 0) is 97.1 Å². The number of rotatable bonds is 20. The highest BCUT2D eigenvalue weighted by atomic mass is 32.2. The molecule has 40 nitrogen and oxygen atoms in total. The number of hydrogen-bond acceptors (Lipinski definition) is 28. The molecular weight excluding hydrogens is 1670 g/mol. The van der Waals surface area contributed by atoms with Crippen LogP contribution < -0.4 is 18.9 Å². The molecule has 0 spiro atoms. The minimum Gasteiger partial charge on any atom is -0.507 e. The van der Waals surface area contributed by atoms with E-state index in [2.05, 4.69) is 0 Å². The Bertz CT molecular complexity index is 5360. The van der Waals surface area contributed by atoms with Crippen molar-refractivity contribution in [3.63, 3.8) is 0 Å². The third-order valence-electron chi connectivity index (χ3n) is 16.6. The molecule has 1 aliphatic carbocycles. The Kier molecular flexibility index (Phi) is 24.0. The van der Waals surface area contributed by atoms with Crippen LogP contribution >= 0.6 is 0 Å². The van der Waals surface area contributed by atoms with E-state index in [0.29, 0.717) is 97.1 Å². The van der Waals surface area contributed by atoms with Gasteiger partial charge in [0.2, 0.25) is 0 Å². The maximum Gasteiger partial charge on any atom is 0.341 e. The Hall–Kier alpha value is -10.7. The molecule has 0 amide bonds. The lowest BCUT2D eigenvalue weighted by Gasteiger charge is -2.21. The van der Waals surface area contributed by atoms with Crippen LogP contribution in [0.3, 0.4) is 0 Å². The highest BCUT2D eigenvalue weighted by Gasteiger charge is 2.33. The Labute approximate surface area is 632 Å². The van der Waals surface area contributed by atoms with Gasteiger partial charge in [-0.15, -0.1) is 0 Å². The monoisotopic (exact) mass is 1720 g/mol. The lowest BCUT2D eigenvalue weighted by Crippen LogP contribution is -2.15. The standard InChI is InChI=1S/C64H56O40S8/c65-53(66)25-101-61-37-1-29-9-45(105(77,78)79)10-30(57(29)73)2-39-19-50(110(92,93)94)20-40(62(39)102-26-54(67)68)5-33-13-47(107(83,84)85)14-34(59(33)75)6-43-23-52(112(98,99)100)24-44(64(43)104-28-56(71)72)8-36-16-48(108(86,87)88)15-35(60(36)76)7-42-22-51(111(95,96)97)21-41(63(42)103-27-55(69)70)4-32-12-46(106(80,81)82)11-31(58(32)74)3-38(61)18-49(17-37)109(89,90)91/h9-24,73-76H,1-8,25-28H2,(H,65,66)(H,67,68)(H,69,70)(H,71,72)(H,77,78,79)(H,80,81,82)(H,83,84,85)(H,86,87,88)(H,89,90,91)(H,92,93,94)(H,95,96,97)(H,98,99,100). The smallest absolute Gasteiger partial charge is 0.341 e. The molecule has 112 heavy (non-hydrogen) atoms. The van der Waals surface area contributed by atoms with Crippen LogP contribution in [-0.4, -0.2) is 195 Å². The van der Waals surface area contributed by atoms with E-state index in [0.717, 1.165) is 0 Å². The molecule has 600 valence electrons. The van der Waals surface area contributed by atoms with E-state index >= 15 is 0 Å². The molecule has 16 bridgehead atoms. The van der Waals surface area contributed by atoms with Gasteiger partial charge in [-0.25, -0.2) is 19.2 Å². The SMILES string of the molecule is O=C(O)COc1c2cc(S(=O)(=O)O)cc1Cc1cc(S(=O)(=O)O)cc(c1O)Cc1cc(S(=O)(=O)O)cc(c1OCC(=O)O)Cc1cc(S(=O)(=O)O)cc(c1O)Cc1cc(S(=O)(=O)O)cc(c1OCC(=O)O)Cc1cc(S(=O)(=O)O)cc(c1O)Cc1cc(S(=O)(=O)O)cc(c1OCC(=O)O)Cc1cc(S(=O)(=O)O)cc(c1O)C2. The Morgan fingerprint density at radius 2 is 0.312 bits per heavy atom. The Balaban J connectivity index is 1.46. The molecule has 8 aromatic rings. The summed E-state index contributed by atoms with van der Waals surface area (Å²) in [5.41, 5.74) is -12.7. The molecule has 0 saturated heterocycles. The minimum absolute atomic E-state index is 0.480.